The van der Waals surface area contributed by atoms with E-state index in [1.54, 1.807) is 19.4 Å². The van der Waals surface area contributed by atoms with Crippen molar-refractivity contribution in [3.05, 3.63) is 36.0 Å². The number of aromatic nitrogens is 2. The van der Waals surface area contributed by atoms with E-state index in [4.69, 9.17) is 21.1 Å². The number of benzene rings is 1. The zero-order chi connectivity index (χ0) is 14.4. The summed E-state index contributed by atoms with van der Waals surface area (Å²) in [6.07, 6.45) is 1.63. The molecule has 0 amide bonds. The van der Waals surface area contributed by atoms with Gasteiger partial charge in [0.15, 0.2) is 0 Å². The first-order valence-corrected chi connectivity index (χ1v) is 6.76. The fourth-order valence-corrected chi connectivity index (χ4v) is 1.91. The van der Waals surface area contributed by atoms with E-state index in [-0.39, 0.29) is 0 Å². The zero-order valence-corrected chi connectivity index (χ0v) is 12.1. The molecule has 0 aliphatic carbocycles. The predicted octanol–water partition coefficient (Wildman–Crippen LogP) is 3.37. The molecule has 0 radical (unpaired) electrons. The fraction of sp³-hybridized carbons (Fsp3) is 0.286. The second-order valence-corrected chi connectivity index (χ2v) is 4.20. The van der Waals surface area contributed by atoms with Gasteiger partial charge in [-0.2, -0.15) is 4.98 Å². The third kappa shape index (κ3) is 3.51. The van der Waals surface area contributed by atoms with Crippen LogP contribution in [0.4, 0.5) is 11.6 Å². The number of methoxy groups -OCH3 is 1. The summed E-state index contributed by atoms with van der Waals surface area (Å²) in [4.78, 5) is 8.32. The maximum atomic E-state index is 5.93. The average molecular weight is 294 g/mol. The van der Waals surface area contributed by atoms with Gasteiger partial charge in [-0.05, 0) is 25.1 Å². The van der Waals surface area contributed by atoms with Crippen LogP contribution in [0.5, 0.6) is 11.6 Å². The highest BCUT2D eigenvalue weighted by Crippen LogP contribution is 2.26. The van der Waals surface area contributed by atoms with Crippen LogP contribution in [0.3, 0.4) is 0 Å². The predicted molar refractivity (Wildman–Crippen MR) is 79.0 cm³/mol. The molecule has 0 saturated carbocycles. The molecule has 0 fully saturated rings. The number of alkyl halides is 1. The molecule has 0 bridgehead atoms. The Labute approximate surface area is 122 Å². The van der Waals surface area contributed by atoms with Crippen molar-refractivity contribution in [3.8, 4) is 11.6 Å². The van der Waals surface area contributed by atoms with Gasteiger partial charge >= 0.3 is 0 Å². The van der Waals surface area contributed by atoms with Crippen LogP contribution in [0.2, 0.25) is 0 Å². The van der Waals surface area contributed by atoms with Gasteiger partial charge < -0.3 is 14.8 Å². The molecule has 0 spiro atoms. The highest BCUT2D eigenvalue weighted by Gasteiger charge is 2.06. The van der Waals surface area contributed by atoms with Crippen LogP contribution in [0, 0.1) is 0 Å². The van der Waals surface area contributed by atoms with E-state index in [0.29, 0.717) is 24.3 Å². The van der Waals surface area contributed by atoms with Crippen molar-refractivity contribution in [1.29, 1.82) is 0 Å². The molecule has 2 rings (SSSR count). The molecule has 0 aliphatic heterocycles. The van der Waals surface area contributed by atoms with Crippen LogP contribution in [0.25, 0.3) is 0 Å². The summed E-state index contributed by atoms with van der Waals surface area (Å²) in [7, 11) is 1.56. The Hall–Kier alpha value is -2.01. The number of anilines is 2. The molecule has 1 N–H and O–H groups in total. The summed E-state index contributed by atoms with van der Waals surface area (Å²) >= 11 is 5.93. The first kappa shape index (κ1) is 14.4. The maximum absolute atomic E-state index is 5.93. The molecule has 6 heteroatoms. The third-order valence-electron chi connectivity index (χ3n) is 2.60. The minimum Gasteiger partial charge on any atom is -0.494 e. The monoisotopic (exact) mass is 293 g/mol. The van der Waals surface area contributed by atoms with Crippen molar-refractivity contribution < 1.29 is 9.47 Å². The van der Waals surface area contributed by atoms with Crippen molar-refractivity contribution in [2.24, 2.45) is 0 Å². The highest BCUT2D eigenvalue weighted by molar-refractivity contribution is 6.17. The summed E-state index contributed by atoms with van der Waals surface area (Å²) in [5.41, 5.74) is 1.76. The Morgan fingerprint density at radius 2 is 2.15 bits per heavy atom. The molecule has 1 aromatic carbocycles. The minimum absolute atomic E-state index is 0.379. The van der Waals surface area contributed by atoms with Crippen LogP contribution in [0.1, 0.15) is 12.5 Å². The Bertz CT molecular complexity index is 578. The summed E-state index contributed by atoms with van der Waals surface area (Å²) in [5.74, 6) is 2.14. The van der Waals surface area contributed by atoms with Crippen LogP contribution in [-0.4, -0.2) is 23.7 Å². The lowest BCUT2D eigenvalue weighted by Crippen LogP contribution is -2.00. The van der Waals surface area contributed by atoms with Crippen molar-refractivity contribution in [2.45, 2.75) is 12.8 Å². The quantitative estimate of drug-likeness (QED) is 0.828. The smallest absolute Gasteiger partial charge is 0.230 e. The largest absolute Gasteiger partial charge is 0.494 e. The van der Waals surface area contributed by atoms with E-state index in [1.165, 1.54) is 0 Å². The fourth-order valence-electron chi connectivity index (χ4n) is 1.70. The number of halogens is 1. The number of ether oxygens (including phenoxy) is 2. The van der Waals surface area contributed by atoms with Crippen LogP contribution in [-0.2, 0) is 5.88 Å². The number of rotatable bonds is 6. The van der Waals surface area contributed by atoms with Gasteiger partial charge in [-0.1, -0.05) is 0 Å². The summed E-state index contributed by atoms with van der Waals surface area (Å²) < 4.78 is 10.6. The molecular formula is C14H16ClN3O2. The second-order valence-electron chi connectivity index (χ2n) is 3.94. The van der Waals surface area contributed by atoms with E-state index in [9.17, 15) is 0 Å². The average Bonchev–Trinajstić information content (AvgIpc) is 2.49. The van der Waals surface area contributed by atoms with Crippen LogP contribution >= 0.6 is 11.6 Å². The molecule has 20 heavy (non-hydrogen) atoms. The van der Waals surface area contributed by atoms with E-state index < -0.39 is 0 Å². The van der Waals surface area contributed by atoms with E-state index in [0.717, 1.165) is 17.0 Å². The van der Waals surface area contributed by atoms with Crippen LogP contribution in [0.15, 0.2) is 30.5 Å². The van der Waals surface area contributed by atoms with Gasteiger partial charge in [0.05, 0.1) is 19.6 Å². The number of nitrogens with zero attached hydrogens (tertiary/aromatic N) is 2. The molecule has 106 valence electrons. The van der Waals surface area contributed by atoms with Gasteiger partial charge in [0.25, 0.3) is 0 Å². The topological polar surface area (TPSA) is 56.3 Å². The zero-order valence-electron chi connectivity index (χ0n) is 11.4. The Balaban J connectivity index is 2.20. The lowest BCUT2D eigenvalue weighted by atomic mass is 10.2. The Kier molecular flexibility index (Phi) is 5.01. The maximum Gasteiger partial charge on any atom is 0.230 e. The summed E-state index contributed by atoms with van der Waals surface area (Å²) in [6, 6.07) is 7.38. The molecule has 0 atom stereocenters. The van der Waals surface area contributed by atoms with Crippen molar-refractivity contribution in [1.82, 2.24) is 9.97 Å². The lowest BCUT2D eigenvalue weighted by molar-refractivity contribution is 0.337. The molecule has 0 unspecified atom stereocenters. The first-order chi connectivity index (χ1) is 9.76. The molecule has 2 aromatic rings. The minimum atomic E-state index is 0.379. The molecule has 0 aliphatic rings. The lowest BCUT2D eigenvalue weighted by Gasteiger charge is -2.11. The molecule has 5 nitrogen and oxygen atoms in total. The van der Waals surface area contributed by atoms with Crippen LogP contribution < -0.4 is 14.8 Å². The van der Waals surface area contributed by atoms with Crippen molar-refractivity contribution in [3.63, 3.8) is 0 Å². The molecule has 1 aromatic heterocycles. The molecule has 0 saturated heterocycles. The van der Waals surface area contributed by atoms with Gasteiger partial charge in [0, 0.05) is 23.5 Å². The van der Waals surface area contributed by atoms with E-state index in [1.807, 2.05) is 25.1 Å². The third-order valence-corrected chi connectivity index (χ3v) is 2.89. The van der Waals surface area contributed by atoms with Gasteiger partial charge in [0.2, 0.25) is 11.8 Å². The van der Waals surface area contributed by atoms with E-state index in [2.05, 4.69) is 15.3 Å². The normalized spacial score (nSPS) is 10.2. The summed E-state index contributed by atoms with van der Waals surface area (Å²) in [5, 5.41) is 3.11. The first-order valence-electron chi connectivity index (χ1n) is 6.22. The molecule has 1 heterocycles. The standard InChI is InChI=1S/C14H16ClN3O2/c1-3-20-12-5-4-11(8-10(12)9-15)17-14-16-7-6-13(18-14)19-2/h4-8H,3,9H2,1-2H3,(H,16,17,18). The SMILES string of the molecule is CCOc1ccc(Nc2nccc(OC)n2)cc1CCl. The number of hydrogen-bond donors (Lipinski definition) is 1. The van der Waals surface area contributed by atoms with Crippen molar-refractivity contribution in [2.75, 3.05) is 19.0 Å². The Morgan fingerprint density at radius 3 is 2.85 bits per heavy atom. The van der Waals surface area contributed by atoms with Gasteiger partial charge in [-0.3, -0.25) is 0 Å². The van der Waals surface area contributed by atoms with Gasteiger partial charge in [0.1, 0.15) is 5.75 Å². The van der Waals surface area contributed by atoms with E-state index >= 15 is 0 Å². The molecular weight excluding hydrogens is 278 g/mol. The van der Waals surface area contributed by atoms with Gasteiger partial charge in [-0.25, -0.2) is 4.98 Å². The van der Waals surface area contributed by atoms with Gasteiger partial charge in [-0.15, -0.1) is 11.6 Å². The summed E-state index contributed by atoms with van der Waals surface area (Å²) in [6.45, 7) is 2.55. The second kappa shape index (κ2) is 6.96. The van der Waals surface area contributed by atoms with Crippen molar-refractivity contribution >= 4 is 23.2 Å². The number of nitrogens with one attached hydrogen (secondary N) is 1. The number of hydrogen-bond acceptors (Lipinski definition) is 5. The Morgan fingerprint density at radius 1 is 1.30 bits per heavy atom. The highest BCUT2D eigenvalue weighted by atomic mass is 35.5.